The SMILES string of the molecule is Cc1ccc(-c2cncc(B3OC(C)(C)C(C)(C)O3)c2)cc1. The first kappa shape index (κ1) is 15.3. The Hall–Kier alpha value is -1.65. The molecule has 0 aliphatic carbocycles. The van der Waals surface area contributed by atoms with Gasteiger partial charge in [0.05, 0.1) is 11.2 Å². The number of hydrogen-bond acceptors (Lipinski definition) is 3. The summed E-state index contributed by atoms with van der Waals surface area (Å²) < 4.78 is 12.2. The standard InChI is InChI=1S/C18H22BNO2/c1-13-6-8-14(9-7-13)15-10-16(12-20-11-15)19-21-17(2,3)18(4,5)22-19/h6-12H,1-5H3. The summed E-state index contributed by atoms with van der Waals surface area (Å²) in [6.45, 7) is 10.3. The molecule has 0 radical (unpaired) electrons. The van der Waals surface area contributed by atoms with Crippen molar-refractivity contribution in [3.05, 3.63) is 48.3 Å². The first-order valence-electron chi connectivity index (χ1n) is 7.66. The van der Waals surface area contributed by atoms with Crippen LogP contribution in [0.2, 0.25) is 0 Å². The van der Waals surface area contributed by atoms with E-state index in [2.05, 4.69) is 69.9 Å². The molecule has 0 bridgehead atoms. The highest BCUT2D eigenvalue weighted by molar-refractivity contribution is 6.62. The van der Waals surface area contributed by atoms with E-state index in [1.807, 2.05) is 12.4 Å². The van der Waals surface area contributed by atoms with E-state index >= 15 is 0 Å². The molecule has 2 aromatic rings. The third-order valence-corrected chi connectivity index (χ3v) is 4.67. The lowest BCUT2D eigenvalue weighted by atomic mass is 9.79. The number of aromatic nitrogens is 1. The fraction of sp³-hybridized carbons (Fsp3) is 0.389. The third-order valence-electron chi connectivity index (χ3n) is 4.67. The summed E-state index contributed by atoms with van der Waals surface area (Å²) in [7, 11) is -0.372. The van der Waals surface area contributed by atoms with Gasteiger partial charge in [0, 0.05) is 17.9 Å². The average molecular weight is 295 g/mol. The predicted molar refractivity (Wildman–Crippen MR) is 90.1 cm³/mol. The molecule has 1 aliphatic heterocycles. The molecule has 0 amide bonds. The monoisotopic (exact) mass is 295 g/mol. The second kappa shape index (κ2) is 5.22. The molecule has 0 unspecified atom stereocenters. The number of pyridine rings is 1. The predicted octanol–water partition coefficient (Wildman–Crippen LogP) is 3.36. The highest BCUT2D eigenvalue weighted by atomic mass is 16.7. The molecule has 3 nitrogen and oxygen atoms in total. The van der Waals surface area contributed by atoms with Gasteiger partial charge in [-0.1, -0.05) is 35.9 Å². The molecule has 1 fully saturated rings. The first-order chi connectivity index (χ1) is 10.3. The van der Waals surface area contributed by atoms with Gasteiger partial charge in [-0.05, 0) is 45.7 Å². The maximum absolute atomic E-state index is 6.10. The number of hydrogen-bond donors (Lipinski definition) is 0. The Kier molecular flexibility index (Phi) is 3.62. The van der Waals surface area contributed by atoms with E-state index in [1.165, 1.54) is 5.56 Å². The average Bonchev–Trinajstić information content (AvgIpc) is 2.68. The van der Waals surface area contributed by atoms with Gasteiger partial charge in [-0.3, -0.25) is 4.98 Å². The van der Waals surface area contributed by atoms with Crippen LogP contribution in [0.1, 0.15) is 33.3 Å². The van der Waals surface area contributed by atoms with Gasteiger partial charge in [-0.15, -0.1) is 0 Å². The van der Waals surface area contributed by atoms with Gasteiger partial charge in [0.15, 0.2) is 0 Å². The van der Waals surface area contributed by atoms with Gasteiger partial charge >= 0.3 is 7.12 Å². The molecule has 0 N–H and O–H groups in total. The molecule has 2 heterocycles. The van der Waals surface area contributed by atoms with E-state index in [-0.39, 0.29) is 18.3 Å². The van der Waals surface area contributed by atoms with E-state index < -0.39 is 0 Å². The van der Waals surface area contributed by atoms with Crippen LogP contribution in [0.3, 0.4) is 0 Å². The van der Waals surface area contributed by atoms with Crippen molar-refractivity contribution < 1.29 is 9.31 Å². The van der Waals surface area contributed by atoms with Crippen molar-refractivity contribution >= 4 is 12.6 Å². The van der Waals surface area contributed by atoms with Crippen molar-refractivity contribution in [1.82, 2.24) is 4.98 Å². The van der Waals surface area contributed by atoms with Gasteiger partial charge in [0.25, 0.3) is 0 Å². The van der Waals surface area contributed by atoms with Crippen LogP contribution < -0.4 is 5.46 Å². The van der Waals surface area contributed by atoms with Crippen LogP contribution in [-0.2, 0) is 9.31 Å². The zero-order chi connectivity index (χ0) is 16.0. The lowest BCUT2D eigenvalue weighted by molar-refractivity contribution is 0.00578. The van der Waals surface area contributed by atoms with Crippen molar-refractivity contribution in [2.45, 2.75) is 45.8 Å². The Balaban J connectivity index is 1.91. The number of benzene rings is 1. The van der Waals surface area contributed by atoms with Gasteiger partial charge in [-0.2, -0.15) is 0 Å². The van der Waals surface area contributed by atoms with Crippen molar-refractivity contribution in [2.24, 2.45) is 0 Å². The molecule has 0 atom stereocenters. The van der Waals surface area contributed by atoms with Crippen molar-refractivity contribution in [2.75, 3.05) is 0 Å². The summed E-state index contributed by atoms with van der Waals surface area (Å²) in [5, 5.41) is 0. The highest BCUT2D eigenvalue weighted by Gasteiger charge is 2.51. The third kappa shape index (κ3) is 2.69. The number of aryl methyl sites for hydroxylation is 1. The molecular weight excluding hydrogens is 273 g/mol. The minimum atomic E-state index is -0.372. The van der Waals surface area contributed by atoms with Gasteiger partial charge < -0.3 is 9.31 Å². The smallest absolute Gasteiger partial charge is 0.399 e. The van der Waals surface area contributed by atoms with E-state index in [0.29, 0.717) is 0 Å². The molecule has 0 spiro atoms. The quantitative estimate of drug-likeness (QED) is 0.796. The maximum Gasteiger partial charge on any atom is 0.496 e. The van der Waals surface area contributed by atoms with E-state index in [4.69, 9.17) is 9.31 Å². The lowest BCUT2D eigenvalue weighted by Crippen LogP contribution is -2.41. The molecule has 1 saturated heterocycles. The molecule has 3 rings (SSSR count). The number of rotatable bonds is 2. The van der Waals surface area contributed by atoms with Crippen molar-refractivity contribution in [1.29, 1.82) is 0 Å². The van der Waals surface area contributed by atoms with Crippen LogP contribution in [0.25, 0.3) is 11.1 Å². The Morgan fingerprint density at radius 2 is 1.45 bits per heavy atom. The minimum Gasteiger partial charge on any atom is -0.399 e. The highest BCUT2D eigenvalue weighted by Crippen LogP contribution is 2.36. The fourth-order valence-electron chi connectivity index (χ4n) is 2.47. The molecule has 0 saturated carbocycles. The molecular formula is C18H22BNO2. The Bertz CT molecular complexity index is 664. The lowest BCUT2D eigenvalue weighted by Gasteiger charge is -2.32. The molecule has 1 aliphatic rings. The van der Waals surface area contributed by atoms with Gasteiger partial charge in [-0.25, -0.2) is 0 Å². The zero-order valence-corrected chi connectivity index (χ0v) is 13.9. The summed E-state index contributed by atoms with van der Waals surface area (Å²) in [5.74, 6) is 0. The normalized spacial score (nSPS) is 19.4. The Morgan fingerprint density at radius 3 is 2.05 bits per heavy atom. The van der Waals surface area contributed by atoms with E-state index in [9.17, 15) is 0 Å². The largest absolute Gasteiger partial charge is 0.496 e. The maximum atomic E-state index is 6.10. The van der Waals surface area contributed by atoms with Gasteiger partial charge in [0.2, 0.25) is 0 Å². The van der Waals surface area contributed by atoms with Crippen LogP contribution >= 0.6 is 0 Å². The second-order valence-corrected chi connectivity index (χ2v) is 6.96. The summed E-state index contributed by atoms with van der Waals surface area (Å²) in [6, 6.07) is 10.5. The van der Waals surface area contributed by atoms with Crippen LogP contribution in [-0.4, -0.2) is 23.3 Å². The summed E-state index contributed by atoms with van der Waals surface area (Å²) in [5.41, 5.74) is 3.76. The Labute approximate surface area is 132 Å². The van der Waals surface area contributed by atoms with Crippen molar-refractivity contribution in [3.63, 3.8) is 0 Å². The van der Waals surface area contributed by atoms with Crippen LogP contribution in [0.4, 0.5) is 0 Å². The number of nitrogens with zero attached hydrogens (tertiary/aromatic N) is 1. The Morgan fingerprint density at radius 1 is 0.864 bits per heavy atom. The van der Waals surface area contributed by atoms with E-state index in [1.54, 1.807) is 0 Å². The zero-order valence-electron chi connectivity index (χ0n) is 13.9. The summed E-state index contributed by atoms with van der Waals surface area (Å²) >= 11 is 0. The molecule has 114 valence electrons. The van der Waals surface area contributed by atoms with Crippen molar-refractivity contribution in [3.8, 4) is 11.1 Å². The molecule has 1 aromatic heterocycles. The second-order valence-electron chi connectivity index (χ2n) is 6.96. The molecule has 1 aromatic carbocycles. The summed E-state index contributed by atoms with van der Waals surface area (Å²) in [4.78, 5) is 4.36. The van der Waals surface area contributed by atoms with Gasteiger partial charge in [0.1, 0.15) is 0 Å². The minimum absolute atomic E-state index is 0.336. The fourth-order valence-corrected chi connectivity index (χ4v) is 2.47. The first-order valence-corrected chi connectivity index (χ1v) is 7.66. The summed E-state index contributed by atoms with van der Waals surface area (Å²) in [6.07, 6.45) is 3.69. The van der Waals surface area contributed by atoms with E-state index in [0.717, 1.165) is 16.6 Å². The van der Waals surface area contributed by atoms with Crippen LogP contribution in [0.5, 0.6) is 0 Å². The topological polar surface area (TPSA) is 31.4 Å². The molecule has 22 heavy (non-hydrogen) atoms. The van der Waals surface area contributed by atoms with Crippen LogP contribution in [0, 0.1) is 6.92 Å². The van der Waals surface area contributed by atoms with Crippen LogP contribution in [0.15, 0.2) is 42.7 Å². The molecule has 4 heteroatoms.